The molecule has 0 bridgehead atoms. The van der Waals surface area contributed by atoms with Gasteiger partial charge in [-0.15, -0.1) is 0 Å². The molecule has 1 N–H and O–H groups in total. The summed E-state index contributed by atoms with van der Waals surface area (Å²) in [5.74, 6) is 0. The van der Waals surface area contributed by atoms with Crippen LogP contribution in [0.3, 0.4) is 0 Å². The van der Waals surface area contributed by atoms with E-state index in [0.717, 1.165) is 16.6 Å². The van der Waals surface area contributed by atoms with Crippen LogP contribution in [0.25, 0.3) is 0 Å². The van der Waals surface area contributed by atoms with E-state index in [-0.39, 0.29) is 16.7 Å². The zero-order chi connectivity index (χ0) is 11.5. The Morgan fingerprint density at radius 1 is 1.62 bits per heavy atom. The van der Waals surface area contributed by atoms with E-state index in [2.05, 4.69) is 27.9 Å². The first kappa shape index (κ1) is 11.6. The van der Waals surface area contributed by atoms with Crippen molar-refractivity contribution in [2.75, 3.05) is 18.5 Å². The third kappa shape index (κ3) is 2.62. The molecule has 2 rings (SSSR count). The molecule has 1 aliphatic rings. The fraction of sp³-hybridized carbons (Fsp3) is 0.400. The minimum atomic E-state index is -0.375. The highest BCUT2D eigenvalue weighted by atomic mass is 127. The first-order valence-corrected chi connectivity index (χ1v) is 6.04. The van der Waals surface area contributed by atoms with Crippen LogP contribution in [0.1, 0.15) is 6.42 Å². The van der Waals surface area contributed by atoms with Crippen molar-refractivity contribution in [1.29, 1.82) is 0 Å². The summed E-state index contributed by atoms with van der Waals surface area (Å²) in [4.78, 5) is 10.4. The van der Waals surface area contributed by atoms with Crippen molar-refractivity contribution in [3.05, 3.63) is 31.9 Å². The van der Waals surface area contributed by atoms with Crippen LogP contribution in [0, 0.1) is 13.7 Å². The summed E-state index contributed by atoms with van der Waals surface area (Å²) in [7, 11) is 0. The molecule has 1 aliphatic heterocycles. The Balaban J connectivity index is 2.09. The van der Waals surface area contributed by atoms with Crippen molar-refractivity contribution in [2.24, 2.45) is 0 Å². The molecule has 1 saturated heterocycles. The van der Waals surface area contributed by atoms with Gasteiger partial charge in [0.1, 0.15) is 5.69 Å². The molecule has 0 spiro atoms. The summed E-state index contributed by atoms with van der Waals surface area (Å²) >= 11 is 2.13. The van der Waals surface area contributed by atoms with Crippen molar-refractivity contribution in [3.8, 4) is 0 Å². The average molecular weight is 334 g/mol. The number of halogens is 1. The highest BCUT2D eigenvalue weighted by Gasteiger charge is 2.20. The Kier molecular flexibility index (Phi) is 3.59. The van der Waals surface area contributed by atoms with Gasteiger partial charge in [0.25, 0.3) is 5.69 Å². The van der Waals surface area contributed by atoms with Crippen LogP contribution >= 0.6 is 22.6 Å². The molecular weight excluding hydrogens is 323 g/mol. The third-order valence-electron chi connectivity index (χ3n) is 2.47. The minimum absolute atomic E-state index is 0.111. The van der Waals surface area contributed by atoms with Gasteiger partial charge in [0.05, 0.1) is 11.0 Å². The second-order valence-corrected chi connectivity index (χ2v) is 4.83. The number of nitro groups is 1. The summed E-state index contributed by atoms with van der Waals surface area (Å²) in [6.07, 6.45) is 1.21. The SMILES string of the molecule is O=[N+]([O-])c1ccc(I)cc1NC[C@@H]1CCO1. The van der Waals surface area contributed by atoms with Gasteiger partial charge >= 0.3 is 0 Å². The predicted octanol–water partition coefficient (Wildman–Crippen LogP) is 2.40. The first-order valence-electron chi connectivity index (χ1n) is 4.96. The van der Waals surface area contributed by atoms with Crippen LogP contribution in [-0.2, 0) is 4.74 Å². The monoisotopic (exact) mass is 334 g/mol. The lowest BCUT2D eigenvalue weighted by Crippen LogP contribution is -2.33. The van der Waals surface area contributed by atoms with Gasteiger partial charge in [-0.25, -0.2) is 0 Å². The normalized spacial score (nSPS) is 18.9. The lowest BCUT2D eigenvalue weighted by molar-refractivity contribution is -0.384. The number of benzene rings is 1. The maximum Gasteiger partial charge on any atom is 0.292 e. The molecule has 16 heavy (non-hydrogen) atoms. The molecule has 1 aromatic rings. The molecule has 1 atom stereocenters. The van der Waals surface area contributed by atoms with Crippen LogP contribution in [0.5, 0.6) is 0 Å². The van der Waals surface area contributed by atoms with Crippen LogP contribution in [0.4, 0.5) is 11.4 Å². The fourth-order valence-corrected chi connectivity index (χ4v) is 1.97. The molecule has 0 saturated carbocycles. The Morgan fingerprint density at radius 3 is 2.94 bits per heavy atom. The van der Waals surface area contributed by atoms with E-state index in [0.29, 0.717) is 12.2 Å². The minimum Gasteiger partial charge on any atom is -0.377 e. The summed E-state index contributed by atoms with van der Waals surface area (Å²) in [6.45, 7) is 1.42. The lowest BCUT2D eigenvalue weighted by Gasteiger charge is -2.26. The van der Waals surface area contributed by atoms with Gasteiger partial charge in [0.2, 0.25) is 0 Å². The number of ether oxygens (including phenoxy) is 1. The van der Waals surface area contributed by atoms with Crippen molar-refractivity contribution < 1.29 is 9.66 Å². The largest absolute Gasteiger partial charge is 0.377 e. The van der Waals surface area contributed by atoms with Crippen molar-refractivity contribution in [1.82, 2.24) is 0 Å². The molecule has 5 nitrogen and oxygen atoms in total. The van der Waals surface area contributed by atoms with E-state index in [4.69, 9.17) is 4.74 Å². The summed E-state index contributed by atoms with van der Waals surface area (Å²) < 4.78 is 6.22. The molecule has 86 valence electrons. The Bertz CT molecular complexity index is 407. The summed E-state index contributed by atoms with van der Waals surface area (Å²) in [5, 5.41) is 13.9. The highest BCUT2D eigenvalue weighted by Crippen LogP contribution is 2.26. The van der Waals surface area contributed by atoms with Crippen molar-refractivity contribution in [2.45, 2.75) is 12.5 Å². The van der Waals surface area contributed by atoms with Crippen LogP contribution in [-0.4, -0.2) is 24.2 Å². The molecule has 0 radical (unpaired) electrons. The quantitative estimate of drug-likeness (QED) is 0.522. The molecular formula is C10H11IN2O3. The molecule has 0 aliphatic carbocycles. The number of rotatable bonds is 4. The van der Waals surface area contributed by atoms with E-state index < -0.39 is 0 Å². The Morgan fingerprint density at radius 2 is 2.38 bits per heavy atom. The van der Waals surface area contributed by atoms with E-state index in [9.17, 15) is 10.1 Å². The molecule has 1 fully saturated rings. The number of hydrogen-bond donors (Lipinski definition) is 1. The first-order chi connectivity index (χ1) is 7.66. The lowest BCUT2D eigenvalue weighted by atomic mass is 10.2. The average Bonchev–Trinajstić information content (AvgIpc) is 2.14. The standard InChI is InChI=1S/C10H11IN2O3/c11-7-1-2-10(13(14)15)9(5-7)12-6-8-3-4-16-8/h1-2,5,8,12H,3-4,6H2/t8-/m0/s1. The van der Waals surface area contributed by atoms with Gasteiger partial charge in [-0.1, -0.05) is 0 Å². The molecule has 0 unspecified atom stereocenters. The molecule has 0 amide bonds. The zero-order valence-electron chi connectivity index (χ0n) is 8.48. The molecule has 1 heterocycles. The van der Waals surface area contributed by atoms with E-state index in [1.807, 2.05) is 0 Å². The topological polar surface area (TPSA) is 64.4 Å². The molecule has 6 heteroatoms. The maximum atomic E-state index is 10.8. The Hall–Kier alpha value is -0.890. The molecule has 0 aromatic heterocycles. The number of nitrogens with one attached hydrogen (secondary N) is 1. The van der Waals surface area contributed by atoms with Crippen LogP contribution in [0.15, 0.2) is 18.2 Å². The molecule has 1 aromatic carbocycles. The number of hydrogen-bond acceptors (Lipinski definition) is 4. The van der Waals surface area contributed by atoms with Gasteiger partial charge in [0.15, 0.2) is 0 Å². The van der Waals surface area contributed by atoms with Crippen molar-refractivity contribution >= 4 is 34.0 Å². The van der Waals surface area contributed by atoms with Gasteiger partial charge in [-0.3, -0.25) is 10.1 Å². The predicted molar refractivity (Wildman–Crippen MR) is 68.7 cm³/mol. The van der Waals surface area contributed by atoms with Crippen molar-refractivity contribution in [3.63, 3.8) is 0 Å². The van der Waals surface area contributed by atoms with E-state index >= 15 is 0 Å². The third-order valence-corrected chi connectivity index (χ3v) is 3.14. The summed E-state index contributed by atoms with van der Waals surface area (Å²) in [5.41, 5.74) is 0.673. The van der Waals surface area contributed by atoms with Gasteiger partial charge in [-0.05, 0) is 41.1 Å². The highest BCUT2D eigenvalue weighted by molar-refractivity contribution is 14.1. The second-order valence-electron chi connectivity index (χ2n) is 3.58. The summed E-state index contributed by atoms with van der Waals surface area (Å²) in [6, 6.07) is 5.02. The number of nitrogens with zero attached hydrogens (tertiary/aromatic N) is 1. The van der Waals surface area contributed by atoms with Gasteiger partial charge in [0, 0.05) is 22.8 Å². The number of anilines is 1. The van der Waals surface area contributed by atoms with Crippen LogP contribution < -0.4 is 5.32 Å². The van der Waals surface area contributed by atoms with E-state index in [1.54, 1.807) is 12.1 Å². The van der Waals surface area contributed by atoms with Gasteiger partial charge < -0.3 is 10.1 Å². The second kappa shape index (κ2) is 4.96. The maximum absolute atomic E-state index is 10.8. The van der Waals surface area contributed by atoms with E-state index in [1.165, 1.54) is 6.07 Å². The zero-order valence-corrected chi connectivity index (χ0v) is 10.6. The fourth-order valence-electron chi connectivity index (χ4n) is 1.48. The van der Waals surface area contributed by atoms with Gasteiger partial charge in [-0.2, -0.15) is 0 Å². The smallest absolute Gasteiger partial charge is 0.292 e. The van der Waals surface area contributed by atoms with Crippen LogP contribution in [0.2, 0.25) is 0 Å². The number of nitro benzene ring substituents is 1. The Labute approximate surface area is 106 Å².